The summed E-state index contributed by atoms with van der Waals surface area (Å²) in [7, 11) is 1.29. The largest absolute Gasteiger partial charge is 0.493 e. The molecule has 2 aliphatic heterocycles. The van der Waals surface area contributed by atoms with Gasteiger partial charge in [0.15, 0.2) is 0 Å². The van der Waals surface area contributed by atoms with Crippen molar-refractivity contribution in [1.82, 2.24) is 14.0 Å². The standard InChI is InChI=1S/C22H21N3O5/c1-30-19(27)10-9-18(26)23-12-14-11-17(23)20-21(28)25(22(29)24(14)20)16-8-4-6-13-5-2-3-7-15(13)16/h2-8,14,17,28H,9-12H2,1H3/t14-,17-/m0/s1. The van der Waals surface area contributed by atoms with E-state index in [2.05, 4.69) is 4.74 Å². The summed E-state index contributed by atoms with van der Waals surface area (Å²) in [5.41, 5.74) is 0.782. The van der Waals surface area contributed by atoms with E-state index in [1.54, 1.807) is 15.5 Å². The van der Waals surface area contributed by atoms with Gasteiger partial charge in [-0.3, -0.25) is 14.2 Å². The Hall–Kier alpha value is -3.55. The van der Waals surface area contributed by atoms with Crippen LogP contribution in [0, 0.1) is 0 Å². The van der Waals surface area contributed by atoms with Crippen molar-refractivity contribution in [2.45, 2.75) is 31.3 Å². The highest BCUT2D eigenvalue weighted by Gasteiger charge is 2.49. The van der Waals surface area contributed by atoms with Crippen LogP contribution >= 0.6 is 0 Å². The minimum absolute atomic E-state index is 0.0129. The van der Waals surface area contributed by atoms with Gasteiger partial charge in [-0.05, 0) is 17.9 Å². The Labute approximate surface area is 171 Å². The lowest BCUT2D eigenvalue weighted by Gasteiger charge is -2.27. The molecule has 3 aromatic rings. The molecule has 1 saturated heterocycles. The van der Waals surface area contributed by atoms with Gasteiger partial charge in [-0.2, -0.15) is 0 Å². The Morgan fingerprint density at radius 3 is 2.70 bits per heavy atom. The third kappa shape index (κ3) is 2.56. The van der Waals surface area contributed by atoms with Crippen LogP contribution < -0.4 is 5.69 Å². The number of benzene rings is 2. The first-order chi connectivity index (χ1) is 14.5. The first kappa shape index (κ1) is 18.5. The van der Waals surface area contributed by atoms with E-state index in [1.807, 2.05) is 36.4 Å². The molecule has 1 fully saturated rings. The maximum atomic E-state index is 13.2. The summed E-state index contributed by atoms with van der Waals surface area (Å²) in [5, 5.41) is 12.9. The van der Waals surface area contributed by atoms with E-state index < -0.39 is 5.97 Å². The number of nitrogens with zero attached hydrogens (tertiary/aromatic N) is 3. The van der Waals surface area contributed by atoms with Gasteiger partial charge in [-0.25, -0.2) is 9.36 Å². The van der Waals surface area contributed by atoms with Gasteiger partial charge in [-0.15, -0.1) is 0 Å². The minimum atomic E-state index is -0.436. The SMILES string of the molecule is COC(=O)CCC(=O)N1C[C@@H]2C[C@H]1c1c(O)n(-c3cccc4ccccc34)c(=O)n12. The Bertz CT molecular complexity index is 1240. The van der Waals surface area contributed by atoms with Crippen molar-refractivity contribution in [2.75, 3.05) is 13.7 Å². The first-order valence-electron chi connectivity index (χ1n) is 9.91. The Morgan fingerprint density at radius 1 is 1.13 bits per heavy atom. The summed E-state index contributed by atoms with van der Waals surface area (Å²) in [4.78, 5) is 38.9. The number of methoxy groups -OCH3 is 1. The number of rotatable bonds is 4. The summed E-state index contributed by atoms with van der Waals surface area (Å²) in [6, 6.07) is 12.7. The molecule has 0 unspecified atom stereocenters. The number of fused-ring (bicyclic) bond motifs is 6. The van der Waals surface area contributed by atoms with Crippen molar-refractivity contribution in [3.63, 3.8) is 0 Å². The summed E-state index contributed by atoms with van der Waals surface area (Å²) in [6.45, 7) is 0.399. The van der Waals surface area contributed by atoms with Crippen molar-refractivity contribution in [3.8, 4) is 11.6 Å². The zero-order chi connectivity index (χ0) is 21.0. The average Bonchev–Trinajstić information content (AvgIpc) is 3.43. The summed E-state index contributed by atoms with van der Waals surface area (Å²) in [6.07, 6.45) is 0.655. The lowest BCUT2D eigenvalue weighted by molar-refractivity contribution is -0.144. The van der Waals surface area contributed by atoms with Crippen LogP contribution in [0.4, 0.5) is 0 Å². The van der Waals surface area contributed by atoms with Crippen molar-refractivity contribution in [2.24, 2.45) is 0 Å². The molecule has 154 valence electrons. The van der Waals surface area contributed by atoms with Crippen LogP contribution in [0.1, 0.15) is 37.0 Å². The van der Waals surface area contributed by atoms with Crippen LogP contribution in [0.3, 0.4) is 0 Å². The van der Waals surface area contributed by atoms with Crippen molar-refractivity contribution < 1.29 is 19.4 Å². The lowest BCUT2D eigenvalue weighted by Crippen LogP contribution is -2.38. The Kier molecular flexibility index (Phi) is 4.16. The molecule has 8 heteroatoms. The van der Waals surface area contributed by atoms with Gasteiger partial charge in [-0.1, -0.05) is 36.4 Å². The molecule has 0 aliphatic carbocycles. The van der Waals surface area contributed by atoms with Gasteiger partial charge in [0.25, 0.3) is 0 Å². The van der Waals surface area contributed by atoms with Crippen LogP contribution in [0.5, 0.6) is 5.88 Å². The van der Waals surface area contributed by atoms with Crippen LogP contribution in [0.2, 0.25) is 0 Å². The summed E-state index contributed by atoms with van der Waals surface area (Å²) >= 11 is 0. The number of amides is 1. The molecule has 0 spiro atoms. The summed E-state index contributed by atoms with van der Waals surface area (Å²) in [5.74, 6) is -0.743. The van der Waals surface area contributed by atoms with Crippen LogP contribution in [0.25, 0.3) is 16.5 Å². The zero-order valence-electron chi connectivity index (χ0n) is 16.4. The number of carbonyl (C=O) groups excluding carboxylic acids is 2. The molecule has 1 N–H and O–H groups in total. The monoisotopic (exact) mass is 407 g/mol. The summed E-state index contributed by atoms with van der Waals surface area (Å²) < 4.78 is 7.55. The van der Waals surface area contributed by atoms with Gasteiger partial charge in [0, 0.05) is 18.4 Å². The number of carbonyl (C=O) groups is 2. The van der Waals surface area contributed by atoms with Crippen LogP contribution in [-0.2, 0) is 14.3 Å². The van der Waals surface area contributed by atoms with E-state index in [1.165, 1.54) is 11.7 Å². The molecule has 8 nitrogen and oxygen atoms in total. The predicted octanol–water partition coefficient (Wildman–Crippen LogP) is 2.28. The number of imidazole rings is 1. The average molecular weight is 407 g/mol. The quantitative estimate of drug-likeness (QED) is 0.670. The van der Waals surface area contributed by atoms with E-state index in [0.717, 1.165) is 10.8 Å². The predicted molar refractivity (Wildman–Crippen MR) is 109 cm³/mol. The van der Waals surface area contributed by atoms with E-state index >= 15 is 0 Å². The molecule has 2 aliphatic rings. The molecule has 3 heterocycles. The molecule has 0 saturated carbocycles. The van der Waals surface area contributed by atoms with E-state index in [0.29, 0.717) is 24.3 Å². The molecule has 5 rings (SSSR count). The molecule has 2 aromatic carbocycles. The maximum Gasteiger partial charge on any atom is 0.336 e. The number of aromatic nitrogens is 2. The number of esters is 1. The Balaban J connectivity index is 1.54. The maximum absolute atomic E-state index is 13.2. The topological polar surface area (TPSA) is 93.8 Å². The Morgan fingerprint density at radius 2 is 1.90 bits per heavy atom. The minimum Gasteiger partial charge on any atom is -0.493 e. The van der Waals surface area contributed by atoms with Crippen molar-refractivity contribution in [3.05, 3.63) is 58.6 Å². The van der Waals surface area contributed by atoms with Crippen LogP contribution in [0.15, 0.2) is 47.3 Å². The normalized spacial score (nSPS) is 19.3. The highest BCUT2D eigenvalue weighted by atomic mass is 16.5. The number of ether oxygens (including phenoxy) is 1. The molecule has 2 atom stereocenters. The van der Waals surface area contributed by atoms with E-state index in [9.17, 15) is 19.5 Å². The molecular weight excluding hydrogens is 386 g/mol. The third-order valence-electron chi connectivity index (χ3n) is 6.16. The van der Waals surface area contributed by atoms with Gasteiger partial charge in [0.1, 0.15) is 5.69 Å². The fraction of sp³-hybridized carbons (Fsp3) is 0.318. The highest BCUT2D eigenvalue weighted by Crippen LogP contribution is 2.49. The zero-order valence-corrected chi connectivity index (χ0v) is 16.4. The third-order valence-corrected chi connectivity index (χ3v) is 6.16. The lowest BCUT2D eigenvalue weighted by atomic mass is 10.1. The molecule has 2 bridgehead atoms. The van der Waals surface area contributed by atoms with E-state index in [-0.39, 0.29) is 42.4 Å². The smallest absolute Gasteiger partial charge is 0.336 e. The number of aromatic hydroxyl groups is 1. The molecule has 1 aromatic heterocycles. The van der Waals surface area contributed by atoms with Crippen molar-refractivity contribution >= 4 is 22.6 Å². The van der Waals surface area contributed by atoms with Gasteiger partial charge < -0.3 is 14.7 Å². The second-order valence-electron chi connectivity index (χ2n) is 7.72. The fourth-order valence-electron chi connectivity index (χ4n) is 4.80. The fourth-order valence-corrected chi connectivity index (χ4v) is 4.80. The molecule has 1 amide bonds. The number of likely N-dealkylation sites (tertiary alicyclic amines) is 1. The van der Waals surface area contributed by atoms with Gasteiger partial charge in [0.2, 0.25) is 11.8 Å². The van der Waals surface area contributed by atoms with Gasteiger partial charge in [0.05, 0.1) is 31.3 Å². The molecule has 30 heavy (non-hydrogen) atoms. The molecule has 0 radical (unpaired) electrons. The second-order valence-corrected chi connectivity index (χ2v) is 7.72. The second kappa shape index (κ2) is 6.76. The first-order valence-corrected chi connectivity index (χ1v) is 9.91. The molecular formula is C22H21N3O5. The van der Waals surface area contributed by atoms with Crippen molar-refractivity contribution in [1.29, 1.82) is 0 Å². The highest BCUT2D eigenvalue weighted by molar-refractivity contribution is 5.90. The number of hydrogen-bond donors (Lipinski definition) is 1. The van der Waals surface area contributed by atoms with Gasteiger partial charge >= 0.3 is 11.7 Å². The van der Waals surface area contributed by atoms with Crippen LogP contribution in [-0.4, -0.2) is 44.7 Å². The number of hydrogen-bond acceptors (Lipinski definition) is 5. The van der Waals surface area contributed by atoms with E-state index in [4.69, 9.17) is 0 Å².